The average molecular weight is 269 g/mol. The number of anilines is 1. The van der Waals surface area contributed by atoms with Gasteiger partial charge in [-0.05, 0) is 36.5 Å². The van der Waals surface area contributed by atoms with Crippen molar-refractivity contribution in [1.29, 1.82) is 0 Å². The Morgan fingerprint density at radius 2 is 1.90 bits per heavy atom. The summed E-state index contributed by atoms with van der Waals surface area (Å²) in [5.74, 6) is 0.580. The molecule has 1 aliphatic carbocycles. The van der Waals surface area contributed by atoms with Crippen LogP contribution in [0.3, 0.4) is 0 Å². The van der Waals surface area contributed by atoms with Crippen molar-refractivity contribution in [2.24, 2.45) is 0 Å². The van der Waals surface area contributed by atoms with Crippen LogP contribution in [0.15, 0.2) is 36.7 Å². The Balaban J connectivity index is 1.67. The molecule has 1 aromatic carbocycles. The summed E-state index contributed by atoms with van der Waals surface area (Å²) in [5.41, 5.74) is 2.74. The molecule has 0 bridgehead atoms. The number of rotatable bonds is 3. The molecule has 1 fully saturated rings. The highest BCUT2D eigenvalue weighted by molar-refractivity contribution is 6.04. The van der Waals surface area contributed by atoms with Crippen molar-refractivity contribution in [2.75, 3.05) is 5.32 Å². The van der Waals surface area contributed by atoms with Gasteiger partial charge in [0.15, 0.2) is 0 Å². The Kier molecular flexibility index (Phi) is 3.81. The van der Waals surface area contributed by atoms with E-state index in [4.69, 9.17) is 0 Å². The predicted molar refractivity (Wildman–Crippen MR) is 78.8 cm³/mol. The van der Waals surface area contributed by atoms with E-state index < -0.39 is 0 Å². The quantitative estimate of drug-likeness (QED) is 0.892. The third kappa shape index (κ3) is 2.90. The highest BCUT2D eigenvalue weighted by Crippen LogP contribution is 2.32. The molecule has 2 aromatic rings. The topological polar surface area (TPSA) is 57.8 Å². The van der Waals surface area contributed by atoms with E-state index in [1.807, 2.05) is 12.1 Å². The van der Waals surface area contributed by atoms with E-state index in [1.165, 1.54) is 37.7 Å². The molecule has 0 aliphatic heterocycles. The molecule has 3 rings (SSSR count). The Bertz CT molecular complexity index is 554. The fourth-order valence-corrected chi connectivity index (χ4v) is 2.87. The van der Waals surface area contributed by atoms with Gasteiger partial charge in [-0.1, -0.05) is 31.4 Å². The number of aromatic nitrogens is 2. The summed E-state index contributed by atoms with van der Waals surface area (Å²) in [5, 5.41) is 9.28. The molecule has 1 amide bonds. The number of hydrogen-bond acceptors (Lipinski definition) is 2. The third-order valence-corrected chi connectivity index (χ3v) is 4.01. The molecule has 4 nitrogen and oxygen atoms in total. The van der Waals surface area contributed by atoms with Crippen LogP contribution in [-0.4, -0.2) is 16.1 Å². The van der Waals surface area contributed by atoms with Gasteiger partial charge in [0, 0.05) is 11.8 Å². The first-order valence-electron chi connectivity index (χ1n) is 7.23. The Morgan fingerprint density at radius 3 is 2.55 bits per heavy atom. The van der Waals surface area contributed by atoms with E-state index in [-0.39, 0.29) is 5.91 Å². The monoisotopic (exact) mass is 269 g/mol. The van der Waals surface area contributed by atoms with E-state index in [2.05, 4.69) is 27.6 Å². The van der Waals surface area contributed by atoms with Crippen LogP contribution in [0.1, 0.15) is 53.9 Å². The zero-order valence-corrected chi connectivity index (χ0v) is 11.4. The van der Waals surface area contributed by atoms with Crippen LogP contribution in [0.4, 0.5) is 5.69 Å². The first kappa shape index (κ1) is 12.9. The van der Waals surface area contributed by atoms with Crippen LogP contribution in [0.5, 0.6) is 0 Å². The molecule has 1 saturated carbocycles. The number of aromatic amines is 1. The summed E-state index contributed by atoms with van der Waals surface area (Å²) in [7, 11) is 0. The molecule has 0 saturated heterocycles. The summed E-state index contributed by atoms with van der Waals surface area (Å²) in [6, 6.07) is 8.03. The molecule has 0 unspecified atom stereocenters. The van der Waals surface area contributed by atoms with Crippen molar-refractivity contribution >= 4 is 11.6 Å². The zero-order chi connectivity index (χ0) is 13.8. The van der Waals surface area contributed by atoms with E-state index in [0.717, 1.165) is 0 Å². The molecule has 2 N–H and O–H groups in total. The summed E-state index contributed by atoms with van der Waals surface area (Å²) < 4.78 is 0. The second kappa shape index (κ2) is 5.90. The first-order chi connectivity index (χ1) is 9.83. The average Bonchev–Trinajstić information content (AvgIpc) is 3.01. The fraction of sp³-hybridized carbons (Fsp3) is 0.375. The lowest BCUT2D eigenvalue weighted by Crippen LogP contribution is -2.11. The molecule has 20 heavy (non-hydrogen) atoms. The highest BCUT2D eigenvalue weighted by atomic mass is 16.1. The molecule has 0 atom stereocenters. The number of hydrogen-bond donors (Lipinski definition) is 2. The van der Waals surface area contributed by atoms with Gasteiger partial charge in [-0.2, -0.15) is 5.10 Å². The van der Waals surface area contributed by atoms with Crippen molar-refractivity contribution < 1.29 is 4.79 Å². The van der Waals surface area contributed by atoms with Gasteiger partial charge in [0.1, 0.15) is 0 Å². The van der Waals surface area contributed by atoms with Crippen LogP contribution in [0, 0.1) is 0 Å². The van der Waals surface area contributed by atoms with Crippen molar-refractivity contribution in [3.8, 4) is 0 Å². The third-order valence-electron chi connectivity index (χ3n) is 4.01. The van der Waals surface area contributed by atoms with Crippen molar-refractivity contribution in [1.82, 2.24) is 10.2 Å². The first-order valence-corrected chi connectivity index (χ1v) is 7.23. The van der Waals surface area contributed by atoms with Gasteiger partial charge in [-0.15, -0.1) is 0 Å². The molecule has 0 spiro atoms. The summed E-state index contributed by atoms with van der Waals surface area (Å²) in [4.78, 5) is 12.0. The van der Waals surface area contributed by atoms with Crippen LogP contribution in [0.2, 0.25) is 0 Å². The lowest BCUT2D eigenvalue weighted by Gasteiger charge is -2.22. The minimum absolute atomic E-state index is 0.0957. The normalized spacial score (nSPS) is 16.0. The van der Waals surface area contributed by atoms with Crippen LogP contribution in [0.25, 0.3) is 0 Å². The predicted octanol–water partition coefficient (Wildman–Crippen LogP) is 3.71. The molecule has 0 radical (unpaired) electrons. The van der Waals surface area contributed by atoms with Crippen LogP contribution < -0.4 is 5.32 Å². The van der Waals surface area contributed by atoms with Crippen molar-refractivity contribution in [3.05, 3.63) is 47.8 Å². The highest BCUT2D eigenvalue weighted by Gasteiger charge is 2.15. The number of amides is 1. The van der Waals surface area contributed by atoms with Crippen molar-refractivity contribution in [3.63, 3.8) is 0 Å². The Hall–Kier alpha value is -2.10. The summed E-state index contributed by atoms with van der Waals surface area (Å²) in [6.45, 7) is 0. The molecular formula is C16H19N3O. The zero-order valence-electron chi connectivity index (χ0n) is 11.4. The molecule has 4 heteroatoms. The number of carbonyl (C=O) groups excluding carboxylic acids is 1. The van der Waals surface area contributed by atoms with E-state index in [9.17, 15) is 4.79 Å². The fourth-order valence-electron chi connectivity index (χ4n) is 2.87. The van der Waals surface area contributed by atoms with E-state index in [0.29, 0.717) is 17.2 Å². The van der Waals surface area contributed by atoms with Gasteiger partial charge in [0.2, 0.25) is 0 Å². The second-order valence-corrected chi connectivity index (χ2v) is 5.40. The SMILES string of the molecule is O=C(Nc1cn[nH]c1)c1ccc(C2CCCCC2)cc1. The maximum atomic E-state index is 12.0. The lowest BCUT2D eigenvalue weighted by molar-refractivity contribution is 0.102. The lowest BCUT2D eigenvalue weighted by atomic mass is 9.84. The number of nitrogens with zero attached hydrogens (tertiary/aromatic N) is 1. The van der Waals surface area contributed by atoms with Gasteiger partial charge in [-0.25, -0.2) is 0 Å². The maximum absolute atomic E-state index is 12.0. The Labute approximate surface area is 118 Å². The standard InChI is InChI=1S/C16H19N3O/c20-16(19-15-10-17-18-11-15)14-8-6-13(7-9-14)12-4-2-1-3-5-12/h6-12H,1-5H2,(H,17,18)(H,19,20). The number of carbonyl (C=O) groups is 1. The van der Waals surface area contributed by atoms with E-state index in [1.54, 1.807) is 12.4 Å². The van der Waals surface area contributed by atoms with Gasteiger partial charge in [0.05, 0.1) is 11.9 Å². The molecule has 1 aromatic heterocycles. The minimum atomic E-state index is -0.0957. The number of benzene rings is 1. The largest absolute Gasteiger partial charge is 0.319 e. The van der Waals surface area contributed by atoms with Crippen LogP contribution in [-0.2, 0) is 0 Å². The van der Waals surface area contributed by atoms with Gasteiger partial charge in [0.25, 0.3) is 5.91 Å². The molecule has 1 heterocycles. The van der Waals surface area contributed by atoms with Gasteiger partial charge in [-0.3, -0.25) is 9.89 Å². The minimum Gasteiger partial charge on any atom is -0.319 e. The Morgan fingerprint density at radius 1 is 1.15 bits per heavy atom. The maximum Gasteiger partial charge on any atom is 0.255 e. The van der Waals surface area contributed by atoms with Gasteiger partial charge >= 0.3 is 0 Å². The molecular weight excluding hydrogens is 250 g/mol. The summed E-state index contributed by atoms with van der Waals surface area (Å²) in [6.07, 6.45) is 9.83. The second-order valence-electron chi connectivity index (χ2n) is 5.40. The molecule has 104 valence electrons. The smallest absolute Gasteiger partial charge is 0.255 e. The number of nitrogens with one attached hydrogen (secondary N) is 2. The van der Waals surface area contributed by atoms with Crippen LogP contribution >= 0.6 is 0 Å². The van der Waals surface area contributed by atoms with E-state index >= 15 is 0 Å². The summed E-state index contributed by atoms with van der Waals surface area (Å²) >= 11 is 0. The number of H-pyrrole nitrogens is 1. The molecule has 1 aliphatic rings. The van der Waals surface area contributed by atoms with Crippen molar-refractivity contribution in [2.45, 2.75) is 38.0 Å². The van der Waals surface area contributed by atoms with Gasteiger partial charge < -0.3 is 5.32 Å².